The molecule has 0 spiro atoms. The lowest BCUT2D eigenvalue weighted by Gasteiger charge is -2.21. The van der Waals surface area contributed by atoms with E-state index in [1.807, 2.05) is 43.4 Å². The topological polar surface area (TPSA) is 61.7 Å². The van der Waals surface area contributed by atoms with E-state index >= 15 is 0 Å². The molecule has 0 amide bonds. The summed E-state index contributed by atoms with van der Waals surface area (Å²) in [5.74, 6) is 0.786. The van der Waals surface area contributed by atoms with Gasteiger partial charge in [0.2, 0.25) is 0 Å². The molecule has 130 valence electrons. The molecule has 4 heteroatoms. The van der Waals surface area contributed by atoms with E-state index in [0.717, 1.165) is 35.4 Å². The second-order valence-corrected chi connectivity index (χ2v) is 5.84. The van der Waals surface area contributed by atoms with Crippen LogP contribution in [0.15, 0.2) is 48.5 Å². The van der Waals surface area contributed by atoms with E-state index < -0.39 is 0 Å². The van der Waals surface area contributed by atoms with E-state index in [-0.39, 0.29) is 19.3 Å². The molecular weight excluding hydrogens is 302 g/mol. The van der Waals surface area contributed by atoms with Crippen LogP contribution < -0.4 is 10.1 Å². The third-order valence-electron chi connectivity index (χ3n) is 3.93. The van der Waals surface area contributed by atoms with Gasteiger partial charge >= 0.3 is 0 Å². The maximum absolute atomic E-state index is 9.21. The third-order valence-corrected chi connectivity index (χ3v) is 3.93. The van der Waals surface area contributed by atoms with Crippen molar-refractivity contribution in [2.75, 3.05) is 26.8 Å². The molecule has 0 radical (unpaired) electrons. The second kappa shape index (κ2) is 10.1. The van der Waals surface area contributed by atoms with Crippen LogP contribution in [0.5, 0.6) is 5.75 Å². The molecular formula is C20H27NO3. The van der Waals surface area contributed by atoms with Crippen LogP contribution in [-0.4, -0.2) is 37.0 Å². The Kier molecular flexibility index (Phi) is 7.75. The van der Waals surface area contributed by atoms with Gasteiger partial charge in [0.15, 0.2) is 0 Å². The number of nitrogens with one attached hydrogen (secondary N) is 1. The fraction of sp³-hybridized carbons (Fsp3) is 0.400. The molecule has 2 rings (SSSR count). The van der Waals surface area contributed by atoms with Gasteiger partial charge < -0.3 is 20.3 Å². The Bertz CT molecular complexity index is 577. The summed E-state index contributed by atoms with van der Waals surface area (Å²) in [5, 5.41) is 21.6. The summed E-state index contributed by atoms with van der Waals surface area (Å²) in [5.41, 5.74) is 3.20. The molecule has 0 aromatic heterocycles. The standard InChI is InChI=1S/C20H27NO3/c1-21-10-7-20(18-5-3-2-4-6-18)24-19-14-16(8-11-22)13-17(15-19)9-12-23/h2-6,13-15,20-23H,7-12H2,1H3. The van der Waals surface area contributed by atoms with Gasteiger partial charge in [-0.25, -0.2) is 0 Å². The van der Waals surface area contributed by atoms with E-state index in [1.165, 1.54) is 0 Å². The highest BCUT2D eigenvalue weighted by Crippen LogP contribution is 2.27. The molecule has 1 unspecified atom stereocenters. The Balaban J connectivity index is 2.23. The van der Waals surface area contributed by atoms with Gasteiger partial charge in [-0.1, -0.05) is 36.4 Å². The lowest BCUT2D eigenvalue weighted by molar-refractivity contribution is 0.194. The van der Waals surface area contributed by atoms with Crippen molar-refractivity contribution in [2.24, 2.45) is 0 Å². The molecule has 0 saturated carbocycles. The predicted octanol–water partition coefficient (Wildman–Crippen LogP) is 2.49. The first-order chi connectivity index (χ1) is 11.8. The molecule has 0 aliphatic carbocycles. The third kappa shape index (κ3) is 5.64. The zero-order valence-corrected chi connectivity index (χ0v) is 14.2. The first-order valence-corrected chi connectivity index (χ1v) is 8.47. The number of hydrogen-bond acceptors (Lipinski definition) is 4. The van der Waals surface area contributed by atoms with Crippen molar-refractivity contribution in [1.29, 1.82) is 0 Å². The Labute approximate surface area is 144 Å². The highest BCUT2D eigenvalue weighted by atomic mass is 16.5. The highest BCUT2D eigenvalue weighted by molar-refractivity contribution is 5.35. The second-order valence-electron chi connectivity index (χ2n) is 5.84. The summed E-state index contributed by atoms with van der Waals surface area (Å²) >= 11 is 0. The van der Waals surface area contributed by atoms with Crippen molar-refractivity contribution in [3.63, 3.8) is 0 Å². The maximum Gasteiger partial charge on any atom is 0.125 e. The fourth-order valence-corrected chi connectivity index (χ4v) is 2.74. The monoisotopic (exact) mass is 329 g/mol. The normalized spacial score (nSPS) is 12.1. The Hall–Kier alpha value is -1.88. The average Bonchev–Trinajstić information content (AvgIpc) is 2.60. The van der Waals surface area contributed by atoms with Gasteiger partial charge in [0, 0.05) is 19.6 Å². The van der Waals surface area contributed by atoms with Gasteiger partial charge in [0.1, 0.15) is 11.9 Å². The fourth-order valence-electron chi connectivity index (χ4n) is 2.74. The minimum absolute atomic E-state index is 0.0370. The maximum atomic E-state index is 9.21. The van der Waals surface area contributed by atoms with E-state index in [2.05, 4.69) is 17.4 Å². The molecule has 24 heavy (non-hydrogen) atoms. The van der Waals surface area contributed by atoms with Crippen molar-refractivity contribution in [2.45, 2.75) is 25.4 Å². The van der Waals surface area contributed by atoms with Gasteiger partial charge in [0.25, 0.3) is 0 Å². The minimum atomic E-state index is -0.0370. The van der Waals surface area contributed by atoms with Crippen LogP contribution in [0.4, 0.5) is 0 Å². The summed E-state index contributed by atoms with van der Waals surface area (Å²) in [6.07, 6.45) is 2.00. The quantitative estimate of drug-likeness (QED) is 0.627. The van der Waals surface area contributed by atoms with Crippen molar-refractivity contribution < 1.29 is 14.9 Å². The van der Waals surface area contributed by atoms with Gasteiger partial charge in [-0.05, 0) is 55.3 Å². The molecule has 0 aliphatic heterocycles. The molecule has 0 fully saturated rings. The van der Waals surface area contributed by atoms with Crippen LogP contribution in [0.3, 0.4) is 0 Å². The van der Waals surface area contributed by atoms with E-state index in [9.17, 15) is 10.2 Å². The van der Waals surface area contributed by atoms with Crippen LogP contribution >= 0.6 is 0 Å². The summed E-state index contributed by atoms with van der Waals surface area (Å²) in [6, 6.07) is 16.2. The van der Waals surface area contributed by atoms with Gasteiger partial charge in [-0.3, -0.25) is 0 Å². The van der Waals surface area contributed by atoms with Crippen LogP contribution in [0.2, 0.25) is 0 Å². The average molecular weight is 329 g/mol. The summed E-state index contributed by atoms with van der Waals surface area (Å²) in [7, 11) is 1.93. The van der Waals surface area contributed by atoms with Crippen molar-refractivity contribution in [3.8, 4) is 5.75 Å². The molecule has 3 N–H and O–H groups in total. The number of ether oxygens (including phenoxy) is 1. The van der Waals surface area contributed by atoms with Crippen LogP contribution in [0.1, 0.15) is 29.2 Å². The molecule has 0 bridgehead atoms. The van der Waals surface area contributed by atoms with Crippen molar-refractivity contribution in [3.05, 3.63) is 65.2 Å². The highest BCUT2D eigenvalue weighted by Gasteiger charge is 2.14. The van der Waals surface area contributed by atoms with E-state index in [4.69, 9.17) is 4.74 Å². The summed E-state index contributed by atoms with van der Waals surface area (Å²) in [6.45, 7) is 1.06. The smallest absolute Gasteiger partial charge is 0.125 e. The van der Waals surface area contributed by atoms with Gasteiger partial charge in [0.05, 0.1) is 0 Å². The van der Waals surface area contributed by atoms with Crippen LogP contribution in [0, 0.1) is 0 Å². The van der Waals surface area contributed by atoms with Crippen LogP contribution in [0.25, 0.3) is 0 Å². The molecule has 0 saturated heterocycles. The molecule has 1 atom stereocenters. The number of aliphatic hydroxyl groups excluding tert-OH is 2. The molecule has 4 nitrogen and oxygen atoms in total. The molecule has 2 aromatic carbocycles. The molecule has 0 heterocycles. The van der Waals surface area contributed by atoms with E-state index in [0.29, 0.717) is 12.8 Å². The Morgan fingerprint density at radius 3 is 2.12 bits per heavy atom. The SMILES string of the molecule is CNCCC(Oc1cc(CCO)cc(CCO)c1)c1ccccc1. The van der Waals surface area contributed by atoms with Crippen LogP contribution in [-0.2, 0) is 12.8 Å². The first-order valence-electron chi connectivity index (χ1n) is 8.47. The number of aliphatic hydroxyl groups is 2. The summed E-state index contributed by atoms with van der Waals surface area (Å²) in [4.78, 5) is 0. The summed E-state index contributed by atoms with van der Waals surface area (Å²) < 4.78 is 6.27. The van der Waals surface area contributed by atoms with Gasteiger partial charge in [-0.2, -0.15) is 0 Å². The van der Waals surface area contributed by atoms with Crippen molar-refractivity contribution >= 4 is 0 Å². The Morgan fingerprint density at radius 2 is 1.58 bits per heavy atom. The minimum Gasteiger partial charge on any atom is -0.486 e. The number of benzene rings is 2. The molecule has 0 aliphatic rings. The van der Waals surface area contributed by atoms with E-state index in [1.54, 1.807) is 0 Å². The lowest BCUT2D eigenvalue weighted by atomic mass is 10.0. The Morgan fingerprint density at radius 1 is 0.958 bits per heavy atom. The predicted molar refractivity (Wildman–Crippen MR) is 96.4 cm³/mol. The number of hydrogen-bond donors (Lipinski definition) is 3. The number of rotatable bonds is 10. The first kappa shape index (κ1) is 18.5. The lowest BCUT2D eigenvalue weighted by Crippen LogP contribution is -2.16. The van der Waals surface area contributed by atoms with Crippen molar-refractivity contribution in [1.82, 2.24) is 5.32 Å². The van der Waals surface area contributed by atoms with Gasteiger partial charge in [-0.15, -0.1) is 0 Å². The zero-order valence-electron chi connectivity index (χ0n) is 14.2. The molecule has 2 aromatic rings. The largest absolute Gasteiger partial charge is 0.486 e. The zero-order chi connectivity index (χ0) is 17.2.